The molecule has 0 aliphatic carbocycles. The number of rotatable bonds is 4. The van der Waals surface area contributed by atoms with E-state index in [1.807, 2.05) is 22.6 Å². The number of benzene rings is 1. The highest BCUT2D eigenvalue weighted by molar-refractivity contribution is 14.1. The van der Waals surface area contributed by atoms with Crippen molar-refractivity contribution in [1.29, 1.82) is 0 Å². The van der Waals surface area contributed by atoms with Crippen LogP contribution in [-0.4, -0.2) is 12.2 Å². The van der Waals surface area contributed by atoms with E-state index in [4.69, 9.17) is 11.6 Å². The molecule has 0 radical (unpaired) electrons. The van der Waals surface area contributed by atoms with Gasteiger partial charge in [-0.25, -0.2) is 0 Å². The van der Waals surface area contributed by atoms with Crippen molar-refractivity contribution in [2.45, 2.75) is 19.2 Å². The smallest absolute Gasteiger partial charge is 0.406 e. The Balaban J connectivity index is 2.89. The highest BCUT2D eigenvalue weighted by Gasteiger charge is 2.31. The van der Waals surface area contributed by atoms with E-state index in [9.17, 15) is 13.2 Å². The Morgan fingerprint density at radius 3 is 2.56 bits per heavy atom. The fourth-order valence-corrected chi connectivity index (χ4v) is 1.91. The van der Waals surface area contributed by atoms with Crippen molar-refractivity contribution >= 4 is 34.2 Å². The largest absolute Gasteiger partial charge is 0.573 e. The predicted octanol–water partition coefficient (Wildman–Crippen LogP) is 4.36. The number of hydrogen-bond donors (Lipinski definition) is 0. The van der Waals surface area contributed by atoms with Crippen molar-refractivity contribution in [3.63, 3.8) is 0 Å². The maximum Gasteiger partial charge on any atom is 0.573 e. The van der Waals surface area contributed by atoms with Crippen LogP contribution in [-0.2, 0) is 6.42 Å². The molecule has 0 saturated heterocycles. The maximum absolute atomic E-state index is 12.1. The fourth-order valence-electron chi connectivity index (χ4n) is 1.22. The van der Waals surface area contributed by atoms with Crippen molar-refractivity contribution < 1.29 is 17.9 Å². The van der Waals surface area contributed by atoms with E-state index in [-0.39, 0.29) is 5.75 Å². The van der Waals surface area contributed by atoms with Crippen LogP contribution in [0.25, 0.3) is 0 Å². The molecule has 0 bridgehead atoms. The van der Waals surface area contributed by atoms with Crippen molar-refractivity contribution in [3.8, 4) is 5.75 Å². The molecule has 1 aromatic carbocycles. The zero-order valence-electron chi connectivity index (χ0n) is 8.15. The summed E-state index contributed by atoms with van der Waals surface area (Å²) >= 11 is 7.55. The molecule has 0 unspecified atom stereocenters. The molecule has 0 spiro atoms. The Hall–Kier alpha value is -0.170. The van der Waals surface area contributed by atoms with Gasteiger partial charge in [0, 0.05) is 9.45 Å². The molecular weight excluding hydrogens is 355 g/mol. The lowest BCUT2D eigenvalue weighted by Crippen LogP contribution is -2.18. The van der Waals surface area contributed by atoms with Crippen LogP contribution in [0.1, 0.15) is 12.0 Å². The third-order valence-corrected chi connectivity index (χ3v) is 2.77. The topological polar surface area (TPSA) is 9.23 Å². The van der Waals surface area contributed by atoms with Crippen LogP contribution in [0.2, 0.25) is 0 Å². The van der Waals surface area contributed by atoms with Crippen molar-refractivity contribution in [3.05, 3.63) is 27.3 Å². The van der Waals surface area contributed by atoms with E-state index >= 15 is 0 Å². The molecule has 0 aliphatic heterocycles. The zero-order chi connectivity index (χ0) is 12.2. The molecule has 0 aliphatic rings. The Morgan fingerprint density at radius 2 is 2.00 bits per heavy atom. The van der Waals surface area contributed by atoms with Gasteiger partial charge in [0.1, 0.15) is 5.75 Å². The van der Waals surface area contributed by atoms with E-state index in [1.165, 1.54) is 6.07 Å². The summed E-state index contributed by atoms with van der Waals surface area (Å²) < 4.78 is 41.1. The first-order chi connectivity index (χ1) is 7.42. The molecule has 1 rings (SSSR count). The first-order valence-corrected chi connectivity index (χ1v) is 6.14. The molecule has 0 aromatic heterocycles. The molecule has 0 heterocycles. The molecule has 0 N–H and O–H groups in total. The number of alkyl halides is 4. The van der Waals surface area contributed by atoms with Gasteiger partial charge in [-0.3, -0.25) is 0 Å². The second kappa shape index (κ2) is 5.95. The zero-order valence-corrected chi connectivity index (χ0v) is 11.1. The minimum absolute atomic E-state index is 0.141. The van der Waals surface area contributed by atoms with E-state index in [0.717, 1.165) is 3.57 Å². The Morgan fingerprint density at radius 1 is 1.31 bits per heavy atom. The van der Waals surface area contributed by atoms with Gasteiger partial charge in [0.25, 0.3) is 0 Å². The monoisotopic (exact) mass is 364 g/mol. The Bertz CT molecular complexity index is 354. The standard InChI is InChI=1S/C10H9ClF3IO/c11-5-1-2-7-6-8(15)3-4-9(7)16-10(12,13)14/h3-4,6H,1-2,5H2. The SMILES string of the molecule is FC(F)(F)Oc1ccc(I)cc1CCCCl. The van der Waals surface area contributed by atoms with Crippen LogP contribution < -0.4 is 4.74 Å². The Kier molecular flexibility index (Phi) is 5.17. The van der Waals surface area contributed by atoms with Crippen LogP contribution >= 0.6 is 34.2 Å². The highest BCUT2D eigenvalue weighted by Crippen LogP contribution is 2.28. The summed E-state index contributed by atoms with van der Waals surface area (Å²) in [7, 11) is 0. The Labute approximate surface area is 110 Å². The van der Waals surface area contributed by atoms with Crippen LogP contribution in [0.5, 0.6) is 5.75 Å². The molecule has 0 amide bonds. The summed E-state index contributed by atoms with van der Waals surface area (Å²) in [6.07, 6.45) is -3.55. The van der Waals surface area contributed by atoms with Gasteiger partial charge in [0.15, 0.2) is 0 Å². The van der Waals surface area contributed by atoms with E-state index < -0.39 is 6.36 Å². The summed E-state index contributed by atoms with van der Waals surface area (Å²) in [5.41, 5.74) is 0.532. The normalized spacial score (nSPS) is 11.6. The molecule has 1 nitrogen and oxygen atoms in total. The van der Waals surface area contributed by atoms with Crippen molar-refractivity contribution in [2.75, 3.05) is 5.88 Å². The first kappa shape index (κ1) is 13.9. The molecule has 1 aromatic rings. The molecule has 16 heavy (non-hydrogen) atoms. The molecule has 0 atom stereocenters. The van der Waals surface area contributed by atoms with Crippen LogP contribution in [0.3, 0.4) is 0 Å². The lowest BCUT2D eigenvalue weighted by Gasteiger charge is -2.13. The lowest BCUT2D eigenvalue weighted by molar-refractivity contribution is -0.274. The number of aryl methyl sites for hydroxylation is 1. The lowest BCUT2D eigenvalue weighted by atomic mass is 10.1. The van der Waals surface area contributed by atoms with Gasteiger partial charge in [-0.15, -0.1) is 24.8 Å². The van der Waals surface area contributed by atoms with Crippen LogP contribution in [0.4, 0.5) is 13.2 Å². The molecule has 6 heteroatoms. The minimum atomic E-state index is -4.65. The summed E-state index contributed by atoms with van der Waals surface area (Å²) in [6.45, 7) is 0. The third-order valence-electron chi connectivity index (χ3n) is 1.83. The van der Waals surface area contributed by atoms with Crippen molar-refractivity contribution in [1.82, 2.24) is 0 Å². The van der Waals surface area contributed by atoms with Crippen LogP contribution in [0, 0.1) is 3.57 Å². The average molecular weight is 365 g/mol. The summed E-state index contributed by atoms with van der Waals surface area (Å²) in [5.74, 6) is 0.273. The fraction of sp³-hybridized carbons (Fsp3) is 0.400. The van der Waals surface area contributed by atoms with Gasteiger partial charge in [-0.05, 0) is 59.2 Å². The minimum Gasteiger partial charge on any atom is -0.406 e. The number of ether oxygens (including phenoxy) is 1. The second-order valence-corrected chi connectivity index (χ2v) is 4.72. The number of hydrogen-bond acceptors (Lipinski definition) is 1. The van der Waals surface area contributed by atoms with E-state index in [1.54, 1.807) is 12.1 Å². The molecular formula is C10H9ClF3IO. The summed E-state index contributed by atoms with van der Waals surface area (Å²) in [6, 6.07) is 4.58. The highest BCUT2D eigenvalue weighted by atomic mass is 127. The van der Waals surface area contributed by atoms with Gasteiger partial charge in [-0.1, -0.05) is 0 Å². The predicted molar refractivity (Wildman–Crippen MR) is 64.9 cm³/mol. The van der Waals surface area contributed by atoms with Gasteiger partial charge < -0.3 is 4.74 Å². The maximum atomic E-state index is 12.1. The van der Waals surface area contributed by atoms with Gasteiger partial charge in [-0.2, -0.15) is 0 Å². The van der Waals surface area contributed by atoms with E-state index in [0.29, 0.717) is 24.3 Å². The summed E-state index contributed by atoms with van der Waals surface area (Å²) in [4.78, 5) is 0. The molecule has 90 valence electrons. The molecule has 0 saturated carbocycles. The van der Waals surface area contributed by atoms with Gasteiger partial charge >= 0.3 is 6.36 Å². The van der Waals surface area contributed by atoms with Gasteiger partial charge in [0.2, 0.25) is 0 Å². The van der Waals surface area contributed by atoms with Crippen molar-refractivity contribution in [2.24, 2.45) is 0 Å². The quantitative estimate of drug-likeness (QED) is 0.570. The van der Waals surface area contributed by atoms with Crippen LogP contribution in [0.15, 0.2) is 18.2 Å². The number of halogens is 5. The first-order valence-electron chi connectivity index (χ1n) is 4.52. The molecule has 0 fully saturated rings. The second-order valence-electron chi connectivity index (χ2n) is 3.09. The third kappa shape index (κ3) is 4.78. The summed E-state index contributed by atoms with van der Waals surface area (Å²) in [5, 5.41) is 0. The van der Waals surface area contributed by atoms with Gasteiger partial charge in [0.05, 0.1) is 0 Å². The average Bonchev–Trinajstić information content (AvgIpc) is 2.16. The van der Waals surface area contributed by atoms with E-state index in [2.05, 4.69) is 4.74 Å².